The summed E-state index contributed by atoms with van der Waals surface area (Å²) in [7, 11) is 1.75. The number of benzene rings is 3. The van der Waals surface area contributed by atoms with Crippen LogP contribution in [0, 0.1) is 6.92 Å². The van der Waals surface area contributed by atoms with Crippen LogP contribution in [0.2, 0.25) is 0 Å². The highest BCUT2D eigenvalue weighted by Gasteiger charge is 2.25. The highest BCUT2D eigenvalue weighted by Crippen LogP contribution is 2.25. The Morgan fingerprint density at radius 3 is 2.38 bits per heavy atom. The molecule has 4 aromatic rings. The Bertz CT molecular complexity index is 1340. The third-order valence-corrected chi connectivity index (χ3v) is 5.99. The van der Waals surface area contributed by atoms with Crippen LogP contribution < -0.4 is 5.56 Å². The van der Waals surface area contributed by atoms with Crippen molar-refractivity contribution in [3.05, 3.63) is 106 Å². The molecule has 0 bridgehead atoms. The highest BCUT2D eigenvalue weighted by atomic mass is 16.2. The molecule has 32 heavy (non-hydrogen) atoms. The molecule has 1 amide bonds. The van der Waals surface area contributed by atoms with Gasteiger partial charge in [-0.25, -0.2) is 4.98 Å². The van der Waals surface area contributed by atoms with Gasteiger partial charge in [-0.1, -0.05) is 55.0 Å². The Morgan fingerprint density at radius 1 is 1.00 bits per heavy atom. The van der Waals surface area contributed by atoms with Gasteiger partial charge in [0.1, 0.15) is 5.82 Å². The number of aromatic nitrogens is 2. The van der Waals surface area contributed by atoms with Gasteiger partial charge in [-0.05, 0) is 56.2 Å². The minimum Gasteiger partial charge on any atom is -0.332 e. The van der Waals surface area contributed by atoms with Crippen molar-refractivity contribution in [3.63, 3.8) is 0 Å². The summed E-state index contributed by atoms with van der Waals surface area (Å²) in [5, 5.41) is 0.557. The van der Waals surface area contributed by atoms with Gasteiger partial charge in [0.05, 0.1) is 22.6 Å². The quantitative estimate of drug-likeness (QED) is 0.448. The van der Waals surface area contributed by atoms with Crippen LogP contribution in [0.4, 0.5) is 0 Å². The van der Waals surface area contributed by atoms with Crippen LogP contribution in [-0.4, -0.2) is 27.4 Å². The lowest BCUT2D eigenvalue weighted by Crippen LogP contribution is -2.35. The maximum atomic E-state index is 13.6. The molecule has 5 heteroatoms. The lowest BCUT2D eigenvalue weighted by atomic mass is 10.1. The van der Waals surface area contributed by atoms with E-state index in [0.29, 0.717) is 22.3 Å². The predicted molar refractivity (Wildman–Crippen MR) is 128 cm³/mol. The van der Waals surface area contributed by atoms with Crippen LogP contribution in [-0.2, 0) is 6.42 Å². The summed E-state index contributed by atoms with van der Waals surface area (Å²) in [4.78, 5) is 33.4. The number of amides is 1. The molecular formula is C27H27N3O2. The van der Waals surface area contributed by atoms with E-state index >= 15 is 0 Å². The molecule has 0 N–H and O–H groups in total. The molecule has 1 aromatic heterocycles. The van der Waals surface area contributed by atoms with Gasteiger partial charge in [-0.15, -0.1) is 0 Å². The number of hydrogen-bond donors (Lipinski definition) is 0. The van der Waals surface area contributed by atoms with Crippen molar-refractivity contribution >= 4 is 16.8 Å². The van der Waals surface area contributed by atoms with Gasteiger partial charge in [0.15, 0.2) is 0 Å². The second-order valence-electron chi connectivity index (χ2n) is 8.07. The van der Waals surface area contributed by atoms with E-state index in [2.05, 4.69) is 6.92 Å². The average molecular weight is 426 g/mol. The van der Waals surface area contributed by atoms with E-state index < -0.39 is 6.04 Å². The Morgan fingerprint density at radius 2 is 1.66 bits per heavy atom. The molecule has 0 aliphatic carbocycles. The van der Waals surface area contributed by atoms with Crippen molar-refractivity contribution in [2.45, 2.75) is 33.2 Å². The number of carbonyl (C=O) groups excluding carboxylic acids is 1. The molecule has 1 atom stereocenters. The Balaban J connectivity index is 1.90. The molecule has 0 spiro atoms. The van der Waals surface area contributed by atoms with E-state index in [1.165, 1.54) is 0 Å². The molecule has 0 radical (unpaired) electrons. The number of carbonyl (C=O) groups is 1. The monoisotopic (exact) mass is 425 g/mol. The summed E-state index contributed by atoms with van der Waals surface area (Å²) in [5.74, 6) is 0.424. The Labute approximate surface area is 188 Å². The smallest absolute Gasteiger partial charge is 0.266 e. The molecule has 5 nitrogen and oxygen atoms in total. The van der Waals surface area contributed by atoms with Crippen LogP contribution in [0.25, 0.3) is 16.6 Å². The minimum absolute atomic E-state index is 0.116. The van der Waals surface area contributed by atoms with Gasteiger partial charge in [-0.3, -0.25) is 14.2 Å². The summed E-state index contributed by atoms with van der Waals surface area (Å²) in [5.41, 5.74) is 4.05. The number of aryl methyl sites for hydroxylation is 2. The summed E-state index contributed by atoms with van der Waals surface area (Å²) in [6.07, 6.45) is 0.779. The zero-order valence-corrected chi connectivity index (χ0v) is 18.9. The van der Waals surface area contributed by atoms with Gasteiger partial charge in [0.25, 0.3) is 11.5 Å². The van der Waals surface area contributed by atoms with Crippen LogP contribution in [0.5, 0.6) is 0 Å². The molecule has 1 heterocycles. The minimum atomic E-state index is -0.425. The molecule has 0 aliphatic rings. The number of rotatable bonds is 5. The first-order chi connectivity index (χ1) is 15.4. The first-order valence-corrected chi connectivity index (χ1v) is 10.9. The molecule has 0 saturated carbocycles. The Kier molecular flexibility index (Phi) is 5.91. The highest BCUT2D eigenvalue weighted by molar-refractivity contribution is 5.94. The SMILES string of the molecule is CCc1ccccc1-n1c(C(C)N(C)C(=O)c2ccc(C)cc2)nc2ccccc2c1=O. The fourth-order valence-electron chi connectivity index (χ4n) is 3.94. The van der Waals surface area contributed by atoms with Crippen molar-refractivity contribution in [3.8, 4) is 5.69 Å². The fraction of sp³-hybridized carbons (Fsp3) is 0.222. The molecule has 1 unspecified atom stereocenters. The first-order valence-electron chi connectivity index (χ1n) is 10.9. The standard InChI is InChI=1S/C27H27N3O2/c1-5-20-10-6-9-13-24(20)30-25(28-23-12-8-7-11-22(23)27(30)32)19(3)29(4)26(31)21-16-14-18(2)15-17-21/h6-17,19H,5H2,1-4H3. The van der Waals surface area contributed by atoms with Crippen LogP contribution >= 0.6 is 0 Å². The summed E-state index contributed by atoms with van der Waals surface area (Å²) in [6.45, 7) is 5.96. The molecule has 0 fully saturated rings. The van der Waals surface area contributed by atoms with Crippen molar-refractivity contribution in [2.75, 3.05) is 7.05 Å². The van der Waals surface area contributed by atoms with E-state index in [4.69, 9.17) is 4.98 Å². The number of para-hydroxylation sites is 2. The zero-order valence-electron chi connectivity index (χ0n) is 18.9. The molecule has 162 valence electrons. The third-order valence-electron chi connectivity index (χ3n) is 5.99. The third kappa shape index (κ3) is 3.82. The van der Waals surface area contributed by atoms with Gasteiger partial charge < -0.3 is 4.90 Å². The zero-order chi connectivity index (χ0) is 22.8. The maximum absolute atomic E-state index is 13.6. The van der Waals surface area contributed by atoms with Crippen LogP contribution in [0.15, 0.2) is 77.6 Å². The normalized spacial score (nSPS) is 12.0. The second-order valence-corrected chi connectivity index (χ2v) is 8.07. The molecule has 4 rings (SSSR count). The van der Waals surface area contributed by atoms with Gasteiger partial charge in [0, 0.05) is 12.6 Å². The van der Waals surface area contributed by atoms with Crippen molar-refractivity contribution in [2.24, 2.45) is 0 Å². The summed E-state index contributed by atoms with van der Waals surface area (Å²) < 4.78 is 1.67. The van der Waals surface area contributed by atoms with Crippen LogP contribution in [0.3, 0.4) is 0 Å². The summed E-state index contributed by atoms with van der Waals surface area (Å²) in [6, 6.07) is 22.3. The molecule has 0 saturated heterocycles. The van der Waals surface area contributed by atoms with Crippen LogP contribution in [0.1, 0.15) is 47.2 Å². The first kappa shape index (κ1) is 21.5. The lowest BCUT2D eigenvalue weighted by Gasteiger charge is -2.27. The van der Waals surface area contributed by atoms with Crippen molar-refractivity contribution < 1.29 is 4.79 Å². The van der Waals surface area contributed by atoms with E-state index in [1.54, 1.807) is 22.6 Å². The summed E-state index contributed by atoms with van der Waals surface area (Å²) >= 11 is 0. The predicted octanol–water partition coefficient (Wildman–Crippen LogP) is 5.09. The van der Waals surface area contributed by atoms with E-state index in [0.717, 1.165) is 23.2 Å². The number of hydrogen-bond acceptors (Lipinski definition) is 3. The van der Waals surface area contributed by atoms with Gasteiger partial charge in [0.2, 0.25) is 0 Å². The van der Waals surface area contributed by atoms with E-state index in [1.807, 2.05) is 80.6 Å². The molecular weight excluding hydrogens is 398 g/mol. The van der Waals surface area contributed by atoms with Gasteiger partial charge in [-0.2, -0.15) is 0 Å². The number of fused-ring (bicyclic) bond motifs is 1. The van der Waals surface area contributed by atoms with Gasteiger partial charge >= 0.3 is 0 Å². The number of nitrogens with zero attached hydrogens (tertiary/aromatic N) is 3. The Hall–Kier alpha value is -3.73. The molecule has 3 aromatic carbocycles. The lowest BCUT2D eigenvalue weighted by molar-refractivity contribution is 0.0735. The average Bonchev–Trinajstić information content (AvgIpc) is 2.83. The van der Waals surface area contributed by atoms with E-state index in [9.17, 15) is 9.59 Å². The maximum Gasteiger partial charge on any atom is 0.266 e. The second kappa shape index (κ2) is 8.79. The van der Waals surface area contributed by atoms with E-state index in [-0.39, 0.29) is 11.5 Å². The largest absolute Gasteiger partial charge is 0.332 e. The topological polar surface area (TPSA) is 55.2 Å². The molecule has 0 aliphatic heterocycles. The van der Waals surface area contributed by atoms with Crippen molar-refractivity contribution in [1.29, 1.82) is 0 Å². The van der Waals surface area contributed by atoms with Crippen molar-refractivity contribution in [1.82, 2.24) is 14.5 Å². The fourth-order valence-corrected chi connectivity index (χ4v) is 3.94.